The Labute approximate surface area is 128 Å². The first-order valence-electron chi connectivity index (χ1n) is 8.37. The van der Waals surface area contributed by atoms with Crippen molar-refractivity contribution in [3.63, 3.8) is 0 Å². The van der Waals surface area contributed by atoms with E-state index in [1.54, 1.807) is 0 Å². The van der Waals surface area contributed by atoms with E-state index < -0.39 is 0 Å². The highest BCUT2D eigenvalue weighted by molar-refractivity contribution is 5.92. The van der Waals surface area contributed by atoms with Crippen LogP contribution in [0.5, 0.6) is 0 Å². The average Bonchev–Trinajstić information content (AvgIpc) is 2.82. The quantitative estimate of drug-likeness (QED) is 0.625. The van der Waals surface area contributed by atoms with Crippen LogP contribution >= 0.6 is 0 Å². The van der Waals surface area contributed by atoms with Crippen molar-refractivity contribution in [2.24, 2.45) is 0 Å². The first kappa shape index (κ1) is 16.1. The summed E-state index contributed by atoms with van der Waals surface area (Å²) in [4.78, 5) is 12.2. The Kier molecular flexibility index (Phi) is 6.30. The molecule has 0 saturated heterocycles. The molecule has 0 spiro atoms. The highest BCUT2D eigenvalue weighted by Gasteiger charge is 2.13. The molecule has 2 N–H and O–H groups in total. The first-order chi connectivity index (χ1) is 10.2. The number of carbonyl (C=O) groups is 1. The van der Waals surface area contributed by atoms with Crippen molar-refractivity contribution >= 4 is 5.91 Å². The van der Waals surface area contributed by atoms with E-state index >= 15 is 0 Å². The molecule has 0 unspecified atom stereocenters. The summed E-state index contributed by atoms with van der Waals surface area (Å²) in [5, 5.41) is 6.59. The second-order valence-electron chi connectivity index (χ2n) is 6.29. The molecule has 1 aromatic rings. The van der Waals surface area contributed by atoms with Gasteiger partial charge in [0.05, 0.1) is 0 Å². The number of nitrogens with one attached hydrogen (secondary N) is 2. The van der Waals surface area contributed by atoms with Crippen molar-refractivity contribution in [2.75, 3.05) is 13.1 Å². The van der Waals surface area contributed by atoms with Crippen LogP contribution in [0.25, 0.3) is 0 Å². The fourth-order valence-corrected chi connectivity index (χ4v) is 3.06. The Morgan fingerprint density at radius 3 is 2.62 bits per heavy atom. The topological polar surface area (TPSA) is 46.1 Å². The van der Waals surface area contributed by atoms with Gasteiger partial charge in [0.15, 0.2) is 0 Å². The van der Waals surface area contributed by atoms with Gasteiger partial charge < -0.3 is 15.2 Å². The molecule has 0 aromatic carbocycles. The van der Waals surface area contributed by atoms with Crippen molar-refractivity contribution in [1.29, 1.82) is 0 Å². The fraction of sp³-hybridized carbons (Fsp3) is 0.706. The van der Waals surface area contributed by atoms with E-state index in [2.05, 4.69) is 24.5 Å². The molecule has 1 fully saturated rings. The average molecular weight is 291 g/mol. The van der Waals surface area contributed by atoms with E-state index in [0.29, 0.717) is 18.6 Å². The summed E-state index contributed by atoms with van der Waals surface area (Å²) >= 11 is 0. The smallest absolute Gasteiger partial charge is 0.267 e. The fourth-order valence-electron chi connectivity index (χ4n) is 3.06. The lowest BCUT2D eigenvalue weighted by Gasteiger charge is -2.17. The Hall–Kier alpha value is -1.29. The number of hydrogen-bond acceptors (Lipinski definition) is 2. The summed E-state index contributed by atoms with van der Waals surface area (Å²) in [6.07, 6.45) is 9.96. The SMILES string of the molecule is CC(C)n1cccc1C(=O)NCCNC1CCCCCC1. The van der Waals surface area contributed by atoms with Crippen LogP contribution in [0.4, 0.5) is 0 Å². The Bertz CT molecular complexity index is 431. The zero-order valence-electron chi connectivity index (χ0n) is 13.4. The molecular formula is C17H29N3O. The molecule has 4 nitrogen and oxygen atoms in total. The zero-order valence-corrected chi connectivity index (χ0v) is 13.4. The van der Waals surface area contributed by atoms with Crippen LogP contribution < -0.4 is 10.6 Å². The van der Waals surface area contributed by atoms with Crippen LogP contribution in [-0.4, -0.2) is 29.6 Å². The van der Waals surface area contributed by atoms with Crippen LogP contribution in [0.15, 0.2) is 18.3 Å². The molecule has 118 valence electrons. The van der Waals surface area contributed by atoms with Crippen LogP contribution in [-0.2, 0) is 0 Å². The zero-order chi connectivity index (χ0) is 15.1. The van der Waals surface area contributed by atoms with Crippen LogP contribution in [0.3, 0.4) is 0 Å². The first-order valence-corrected chi connectivity index (χ1v) is 8.37. The van der Waals surface area contributed by atoms with E-state index in [9.17, 15) is 4.79 Å². The van der Waals surface area contributed by atoms with Gasteiger partial charge in [-0.1, -0.05) is 25.7 Å². The normalized spacial score (nSPS) is 16.9. The number of aromatic nitrogens is 1. The van der Waals surface area contributed by atoms with Gasteiger partial charge in [0.25, 0.3) is 5.91 Å². The molecule has 4 heteroatoms. The lowest BCUT2D eigenvalue weighted by molar-refractivity contribution is 0.0942. The largest absolute Gasteiger partial charge is 0.349 e. The van der Waals surface area contributed by atoms with Crippen LogP contribution in [0.1, 0.15) is 68.9 Å². The molecule has 2 rings (SSSR count). The third-order valence-electron chi connectivity index (χ3n) is 4.27. The van der Waals surface area contributed by atoms with Crippen molar-refractivity contribution in [3.05, 3.63) is 24.0 Å². The van der Waals surface area contributed by atoms with Gasteiger partial charge in [-0.3, -0.25) is 4.79 Å². The van der Waals surface area contributed by atoms with Crippen LogP contribution in [0, 0.1) is 0 Å². The lowest BCUT2D eigenvalue weighted by Crippen LogP contribution is -2.37. The molecule has 1 aromatic heterocycles. The maximum Gasteiger partial charge on any atom is 0.267 e. The van der Waals surface area contributed by atoms with E-state index in [0.717, 1.165) is 12.2 Å². The molecule has 1 heterocycles. The Morgan fingerprint density at radius 1 is 1.24 bits per heavy atom. The highest BCUT2D eigenvalue weighted by atomic mass is 16.1. The van der Waals surface area contributed by atoms with E-state index in [1.807, 2.05) is 22.9 Å². The summed E-state index contributed by atoms with van der Waals surface area (Å²) in [6.45, 7) is 5.73. The van der Waals surface area contributed by atoms with Crippen molar-refractivity contribution in [2.45, 2.75) is 64.5 Å². The van der Waals surface area contributed by atoms with Gasteiger partial charge >= 0.3 is 0 Å². The molecule has 0 atom stereocenters. The summed E-state index contributed by atoms with van der Waals surface area (Å²) in [5.74, 6) is 0.0244. The monoisotopic (exact) mass is 291 g/mol. The third-order valence-corrected chi connectivity index (χ3v) is 4.27. The number of rotatable bonds is 6. The predicted molar refractivity (Wildman–Crippen MR) is 86.6 cm³/mol. The van der Waals surface area contributed by atoms with Gasteiger partial charge in [-0.25, -0.2) is 0 Å². The summed E-state index contributed by atoms with van der Waals surface area (Å²) < 4.78 is 2.01. The molecule has 1 aliphatic carbocycles. The second-order valence-corrected chi connectivity index (χ2v) is 6.29. The maximum absolute atomic E-state index is 12.2. The third kappa shape index (κ3) is 4.88. The molecule has 1 amide bonds. The van der Waals surface area contributed by atoms with Gasteiger partial charge in [0, 0.05) is 31.4 Å². The van der Waals surface area contributed by atoms with E-state index in [1.165, 1.54) is 38.5 Å². The molecule has 0 bridgehead atoms. The summed E-state index contributed by atoms with van der Waals surface area (Å²) in [7, 11) is 0. The van der Waals surface area contributed by atoms with Gasteiger partial charge in [-0.2, -0.15) is 0 Å². The Balaban J connectivity index is 1.70. The molecule has 1 saturated carbocycles. The van der Waals surface area contributed by atoms with Gasteiger partial charge in [-0.05, 0) is 38.8 Å². The maximum atomic E-state index is 12.2. The minimum absolute atomic E-state index is 0.0244. The van der Waals surface area contributed by atoms with Gasteiger partial charge in [0.1, 0.15) is 5.69 Å². The van der Waals surface area contributed by atoms with E-state index in [-0.39, 0.29) is 5.91 Å². The van der Waals surface area contributed by atoms with Gasteiger partial charge in [-0.15, -0.1) is 0 Å². The van der Waals surface area contributed by atoms with Crippen molar-refractivity contribution in [1.82, 2.24) is 15.2 Å². The van der Waals surface area contributed by atoms with Crippen LogP contribution in [0.2, 0.25) is 0 Å². The standard InChI is InChI=1S/C17H29N3O/c1-14(2)20-13-7-10-16(20)17(21)19-12-11-18-15-8-5-3-4-6-9-15/h7,10,13-15,18H,3-6,8-9,11-12H2,1-2H3,(H,19,21). The number of nitrogens with zero attached hydrogens (tertiary/aromatic N) is 1. The molecule has 0 radical (unpaired) electrons. The van der Waals surface area contributed by atoms with E-state index in [4.69, 9.17) is 0 Å². The second kappa shape index (κ2) is 8.23. The lowest BCUT2D eigenvalue weighted by atomic mass is 10.1. The molecular weight excluding hydrogens is 262 g/mol. The van der Waals surface area contributed by atoms with Crippen molar-refractivity contribution < 1.29 is 4.79 Å². The predicted octanol–water partition coefficient (Wildman–Crippen LogP) is 3.11. The molecule has 1 aliphatic rings. The van der Waals surface area contributed by atoms with Crippen molar-refractivity contribution in [3.8, 4) is 0 Å². The highest BCUT2D eigenvalue weighted by Crippen LogP contribution is 2.16. The Morgan fingerprint density at radius 2 is 1.95 bits per heavy atom. The summed E-state index contributed by atoms with van der Waals surface area (Å²) in [5.41, 5.74) is 0.750. The molecule has 21 heavy (non-hydrogen) atoms. The summed E-state index contributed by atoms with van der Waals surface area (Å²) in [6, 6.07) is 4.76. The number of carbonyl (C=O) groups excluding carboxylic acids is 1. The number of amides is 1. The van der Waals surface area contributed by atoms with Gasteiger partial charge in [0.2, 0.25) is 0 Å². The minimum Gasteiger partial charge on any atom is -0.349 e. The minimum atomic E-state index is 0.0244. The molecule has 0 aliphatic heterocycles. The number of hydrogen-bond donors (Lipinski definition) is 2.